The Morgan fingerprint density at radius 2 is 1.91 bits per heavy atom. The van der Waals surface area contributed by atoms with Crippen molar-refractivity contribution < 1.29 is 22.3 Å². The molecule has 2 N–H and O–H groups in total. The van der Waals surface area contributed by atoms with Crippen molar-refractivity contribution in [3.8, 4) is 5.75 Å². The first-order valence-electron chi connectivity index (χ1n) is 11.1. The molecule has 10 heteroatoms. The van der Waals surface area contributed by atoms with E-state index >= 15 is 0 Å². The quantitative estimate of drug-likeness (QED) is 0.216. The fourth-order valence-electron chi connectivity index (χ4n) is 3.85. The fraction of sp³-hybridized carbons (Fsp3) is 0.240. The number of phenols is 1. The van der Waals surface area contributed by atoms with Gasteiger partial charge in [0.1, 0.15) is 0 Å². The maximum atomic E-state index is 13.8. The number of unbranched alkanes of at least 4 members (excludes halogenated alkanes) is 2. The molecule has 0 saturated heterocycles. The van der Waals surface area contributed by atoms with Gasteiger partial charge < -0.3 is 0 Å². The summed E-state index contributed by atoms with van der Waals surface area (Å²) < 4.78 is 61.0. The summed E-state index contributed by atoms with van der Waals surface area (Å²) in [7, 11) is 2.14. The minimum atomic E-state index is -4.05. The van der Waals surface area contributed by atoms with Crippen LogP contribution in [0.1, 0.15) is 37.7 Å². The molecule has 0 amide bonds. The molecule has 0 aromatic heterocycles. The van der Waals surface area contributed by atoms with Gasteiger partial charge in [0.25, 0.3) is 0 Å². The Morgan fingerprint density at radius 1 is 1.11 bits per heavy atom. The van der Waals surface area contributed by atoms with E-state index in [2.05, 4.69) is 16.9 Å². The molecule has 2 aliphatic rings. The number of nitrogens with zero attached hydrogens (tertiary/aromatic N) is 1. The molecule has 2 aromatic carbocycles. The molecule has 0 unspecified atom stereocenters. The summed E-state index contributed by atoms with van der Waals surface area (Å²) in [6.45, 7) is 0.153. The Hall–Kier alpha value is -2.31. The third-order valence-corrected chi connectivity index (χ3v) is 12.4. The molecule has 182 valence electrons. The van der Waals surface area contributed by atoms with Gasteiger partial charge in [-0.2, -0.15) is 0 Å². The van der Waals surface area contributed by atoms with Crippen molar-refractivity contribution in [2.45, 2.75) is 37.0 Å². The number of phenolic OH excluding ortho intramolecular Hbond substituents is 1. The molecule has 0 saturated carbocycles. The molecule has 0 spiro atoms. The number of hydrogen-bond acceptors (Lipinski definition) is 4. The second-order valence-electron chi connectivity index (χ2n) is 8.11. The van der Waals surface area contributed by atoms with Crippen LogP contribution in [-0.4, -0.2) is 34.1 Å². The predicted molar refractivity (Wildman–Crippen MR) is 144 cm³/mol. The Balaban J connectivity index is 1.37. The van der Waals surface area contributed by atoms with E-state index in [0.29, 0.717) is 18.9 Å². The van der Waals surface area contributed by atoms with Crippen molar-refractivity contribution in [1.82, 2.24) is 4.72 Å². The molecule has 0 atom stereocenters. The molecule has 0 bridgehead atoms. The van der Waals surface area contributed by atoms with Gasteiger partial charge in [0.2, 0.25) is 0 Å². The standard InChI is InChI=1S/C25H24BF2IN2O3S/c26-21-16-30-29-19(14-17(9-11-23(21)29)20-7-3-4-8-24(20)32)6-2-1-5-13-31-35(33,34)25-12-10-18(27)15-22(25)28/h3-4,7-10,12,14-16,31-32H,1-2,5-6,11,13H2. The SMILES string of the molecule is [B]C1=C2CC=C(c3ccccc3O)C=C(CCCCCNS(=O)(=O)c3ccc(F)cc3F)I2N=C1. The van der Waals surface area contributed by atoms with E-state index in [9.17, 15) is 22.3 Å². The molecule has 2 heterocycles. The van der Waals surface area contributed by atoms with Crippen molar-refractivity contribution in [2.24, 2.45) is 3.21 Å². The zero-order valence-electron chi connectivity index (χ0n) is 18.8. The first kappa shape index (κ1) is 25.8. The van der Waals surface area contributed by atoms with Gasteiger partial charge in [0, 0.05) is 0 Å². The number of aromatic hydroxyl groups is 1. The van der Waals surface area contributed by atoms with Crippen LogP contribution >= 0.6 is 20.1 Å². The van der Waals surface area contributed by atoms with Gasteiger partial charge in [-0.1, -0.05) is 0 Å². The van der Waals surface area contributed by atoms with E-state index in [0.717, 1.165) is 48.0 Å². The molecule has 4 rings (SSSR count). The first-order valence-corrected chi connectivity index (χ1v) is 15.7. The van der Waals surface area contributed by atoms with E-state index in [4.69, 9.17) is 11.1 Å². The Kier molecular flexibility index (Phi) is 8.23. The third-order valence-electron chi connectivity index (χ3n) is 5.64. The maximum absolute atomic E-state index is 13.8. The number of halogens is 3. The van der Waals surface area contributed by atoms with Crippen LogP contribution in [0.5, 0.6) is 5.75 Å². The number of hydrogen-bond donors (Lipinski definition) is 2. The third kappa shape index (κ3) is 6.10. The number of sulfonamides is 1. The summed E-state index contributed by atoms with van der Waals surface area (Å²) in [6, 6.07) is 9.62. The summed E-state index contributed by atoms with van der Waals surface area (Å²) >= 11 is -1.96. The van der Waals surface area contributed by atoms with Gasteiger partial charge in [0.15, 0.2) is 0 Å². The second-order valence-corrected chi connectivity index (χ2v) is 14.6. The average molecular weight is 608 g/mol. The predicted octanol–water partition coefficient (Wildman–Crippen LogP) is 5.77. The number of allylic oxidation sites excluding steroid dienone is 6. The van der Waals surface area contributed by atoms with Crippen molar-refractivity contribution in [1.29, 1.82) is 0 Å². The van der Waals surface area contributed by atoms with Gasteiger partial charge in [-0.15, -0.1) is 0 Å². The number of rotatable bonds is 9. The van der Waals surface area contributed by atoms with Crippen LogP contribution in [0.4, 0.5) is 8.78 Å². The fourth-order valence-corrected chi connectivity index (χ4v) is 9.98. The number of para-hydroxylation sites is 1. The van der Waals surface area contributed by atoms with Crippen LogP contribution in [0.15, 0.2) is 75.4 Å². The summed E-state index contributed by atoms with van der Waals surface area (Å²) in [4.78, 5) is -0.561. The number of benzene rings is 2. The van der Waals surface area contributed by atoms with Crippen LogP contribution in [0, 0.1) is 11.6 Å². The van der Waals surface area contributed by atoms with Crippen molar-refractivity contribution in [3.05, 3.63) is 84.4 Å². The van der Waals surface area contributed by atoms with Gasteiger partial charge in [-0.3, -0.25) is 0 Å². The zero-order chi connectivity index (χ0) is 25.0. The topological polar surface area (TPSA) is 78.8 Å². The van der Waals surface area contributed by atoms with Gasteiger partial charge >= 0.3 is 209 Å². The minimum absolute atomic E-state index is 0.153. The monoisotopic (exact) mass is 608 g/mol. The van der Waals surface area contributed by atoms with E-state index in [-0.39, 0.29) is 12.3 Å². The first-order chi connectivity index (χ1) is 16.8. The molecule has 2 aromatic rings. The Bertz CT molecular complexity index is 1360. The number of nitrogens with one attached hydrogen (secondary N) is 1. The summed E-state index contributed by atoms with van der Waals surface area (Å²) in [5.41, 5.74) is 2.46. The van der Waals surface area contributed by atoms with Gasteiger partial charge in [0.05, 0.1) is 0 Å². The van der Waals surface area contributed by atoms with Gasteiger partial charge in [-0.05, 0) is 0 Å². The van der Waals surface area contributed by atoms with E-state index < -0.39 is 46.6 Å². The van der Waals surface area contributed by atoms with E-state index in [1.54, 1.807) is 18.3 Å². The van der Waals surface area contributed by atoms with Gasteiger partial charge in [-0.25, -0.2) is 4.39 Å². The van der Waals surface area contributed by atoms with Crippen molar-refractivity contribution >= 4 is 49.8 Å². The molecule has 35 heavy (non-hydrogen) atoms. The van der Waals surface area contributed by atoms with Crippen molar-refractivity contribution in [2.75, 3.05) is 6.54 Å². The van der Waals surface area contributed by atoms with Crippen molar-refractivity contribution in [3.63, 3.8) is 0 Å². The normalized spacial score (nSPS) is 16.7. The van der Waals surface area contributed by atoms with Crippen LogP contribution in [0.3, 0.4) is 0 Å². The Morgan fingerprint density at radius 3 is 2.69 bits per heavy atom. The molecular formula is C25H24BF2IN2O3S. The molecule has 2 radical (unpaired) electrons. The van der Waals surface area contributed by atoms with E-state index in [1.165, 1.54) is 7.16 Å². The molecular weight excluding hydrogens is 584 g/mol. The van der Waals surface area contributed by atoms with Crippen LogP contribution in [-0.2, 0) is 10.0 Å². The average Bonchev–Trinajstić information content (AvgIpc) is 3.07. The van der Waals surface area contributed by atoms with Crippen LogP contribution in [0.2, 0.25) is 0 Å². The molecule has 2 aliphatic heterocycles. The molecule has 0 aliphatic carbocycles. The summed E-state index contributed by atoms with van der Waals surface area (Å²) in [5.74, 6) is -1.72. The Labute approximate surface area is 213 Å². The molecule has 5 nitrogen and oxygen atoms in total. The molecule has 0 fully saturated rings. The summed E-state index contributed by atoms with van der Waals surface area (Å²) in [6.07, 6.45) is 9.63. The van der Waals surface area contributed by atoms with Crippen LogP contribution in [0.25, 0.3) is 5.57 Å². The summed E-state index contributed by atoms with van der Waals surface area (Å²) in [5, 5.41) is 10.3. The second kappa shape index (κ2) is 11.2. The van der Waals surface area contributed by atoms with Crippen LogP contribution < -0.4 is 4.72 Å². The zero-order valence-corrected chi connectivity index (χ0v) is 21.8. The number of fused-ring (bicyclic) bond motifs is 1. The van der Waals surface area contributed by atoms with E-state index in [1.807, 2.05) is 12.1 Å².